The highest BCUT2D eigenvalue weighted by molar-refractivity contribution is 5.68. The van der Waals surface area contributed by atoms with E-state index in [0.717, 1.165) is 38.8 Å². The summed E-state index contributed by atoms with van der Waals surface area (Å²) < 4.78 is 10.9. The number of piperidine rings is 1. The summed E-state index contributed by atoms with van der Waals surface area (Å²) in [6.07, 6.45) is 7.30. The zero-order valence-electron chi connectivity index (χ0n) is 14.3. The van der Waals surface area contributed by atoms with Gasteiger partial charge in [0.2, 0.25) is 0 Å². The first-order chi connectivity index (χ1) is 10.9. The molecule has 0 unspecified atom stereocenters. The van der Waals surface area contributed by atoms with Crippen LogP contribution in [-0.2, 0) is 4.74 Å². The van der Waals surface area contributed by atoms with Gasteiger partial charge in [-0.25, -0.2) is 14.8 Å². The number of ether oxygens (including phenoxy) is 2. The number of aromatic nitrogens is 2. The molecule has 23 heavy (non-hydrogen) atoms. The normalized spacial score (nSPS) is 16.2. The Kier molecular flexibility index (Phi) is 6.19. The highest BCUT2D eigenvalue weighted by Gasteiger charge is 2.26. The van der Waals surface area contributed by atoms with E-state index in [2.05, 4.69) is 9.97 Å². The molecule has 0 aliphatic carbocycles. The molecule has 0 atom stereocenters. The molecule has 0 aromatic carbocycles. The first kappa shape index (κ1) is 17.5. The molecule has 6 nitrogen and oxygen atoms in total. The Morgan fingerprint density at radius 1 is 1.26 bits per heavy atom. The number of amides is 1. The molecule has 6 heteroatoms. The number of rotatable bonds is 5. The maximum Gasteiger partial charge on any atom is 0.410 e. The quantitative estimate of drug-likeness (QED) is 0.779. The second-order valence-electron chi connectivity index (χ2n) is 6.93. The smallest absolute Gasteiger partial charge is 0.410 e. The Balaban J connectivity index is 1.60. The van der Waals surface area contributed by atoms with Crippen LogP contribution in [0, 0.1) is 5.92 Å². The molecule has 1 aromatic rings. The minimum atomic E-state index is -0.426. The van der Waals surface area contributed by atoms with Gasteiger partial charge in [-0.15, -0.1) is 0 Å². The molecule has 128 valence electrons. The molecular weight excluding hydrogens is 294 g/mol. The van der Waals surface area contributed by atoms with Gasteiger partial charge >= 0.3 is 12.1 Å². The number of carbonyl (C=O) groups is 1. The predicted octanol–water partition coefficient (Wildman–Crippen LogP) is 3.28. The average Bonchev–Trinajstić information content (AvgIpc) is 2.51. The SMILES string of the molecule is CC(C)(C)OC(=O)N1CCC(CCCOc2ncccn2)CC1. The van der Waals surface area contributed by atoms with E-state index < -0.39 is 5.60 Å². The van der Waals surface area contributed by atoms with Crippen LogP contribution in [0.2, 0.25) is 0 Å². The molecule has 1 aromatic heterocycles. The minimum absolute atomic E-state index is 0.194. The topological polar surface area (TPSA) is 64.5 Å². The lowest BCUT2D eigenvalue weighted by Gasteiger charge is -2.33. The summed E-state index contributed by atoms with van der Waals surface area (Å²) in [5, 5.41) is 0. The molecule has 1 aliphatic heterocycles. The highest BCUT2D eigenvalue weighted by Crippen LogP contribution is 2.23. The molecular formula is C17H27N3O3. The fourth-order valence-corrected chi connectivity index (χ4v) is 2.63. The Morgan fingerprint density at radius 3 is 2.52 bits per heavy atom. The van der Waals surface area contributed by atoms with Gasteiger partial charge in [0.25, 0.3) is 0 Å². The number of carbonyl (C=O) groups excluding carboxylic acids is 1. The van der Waals surface area contributed by atoms with E-state index >= 15 is 0 Å². The van der Waals surface area contributed by atoms with Crippen molar-refractivity contribution in [2.24, 2.45) is 5.92 Å². The molecule has 1 saturated heterocycles. The van der Waals surface area contributed by atoms with Crippen LogP contribution >= 0.6 is 0 Å². The zero-order valence-corrected chi connectivity index (χ0v) is 14.3. The van der Waals surface area contributed by atoms with Crippen LogP contribution in [0.25, 0.3) is 0 Å². The summed E-state index contributed by atoms with van der Waals surface area (Å²) in [4.78, 5) is 21.9. The van der Waals surface area contributed by atoms with Gasteiger partial charge < -0.3 is 14.4 Å². The van der Waals surface area contributed by atoms with Gasteiger partial charge in [0.1, 0.15) is 5.60 Å². The molecule has 2 rings (SSSR count). The predicted molar refractivity (Wildman–Crippen MR) is 87.3 cm³/mol. The summed E-state index contributed by atoms with van der Waals surface area (Å²) >= 11 is 0. The van der Waals surface area contributed by atoms with E-state index in [1.807, 2.05) is 25.7 Å². The van der Waals surface area contributed by atoms with Crippen molar-refractivity contribution >= 4 is 6.09 Å². The van der Waals surface area contributed by atoms with Gasteiger partial charge in [-0.05, 0) is 58.4 Å². The summed E-state index contributed by atoms with van der Waals surface area (Å²) in [6, 6.07) is 2.21. The number of hydrogen-bond acceptors (Lipinski definition) is 5. The molecule has 2 heterocycles. The van der Waals surface area contributed by atoms with Crippen LogP contribution in [0.5, 0.6) is 6.01 Å². The van der Waals surface area contributed by atoms with Crippen LogP contribution in [0.1, 0.15) is 46.5 Å². The number of nitrogens with zero attached hydrogens (tertiary/aromatic N) is 3. The van der Waals surface area contributed by atoms with Crippen LogP contribution in [0.3, 0.4) is 0 Å². The van der Waals surface area contributed by atoms with Crippen molar-refractivity contribution < 1.29 is 14.3 Å². The zero-order chi connectivity index (χ0) is 16.7. The maximum absolute atomic E-state index is 12.0. The Bertz CT molecular complexity index is 480. The molecule has 0 bridgehead atoms. The van der Waals surface area contributed by atoms with Crippen LogP contribution < -0.4 is 4.74 Å². The fraction of sp³-hybridized carbons (Fsp3) is 0.706. The van der Waals surface area contributed by atoms with Crippen molar-refractivity contribution in [1.29, 1.82) is 0 Å². The monoisotopic (exact) mass is 321 g/mol. The summed E-state index contributed by atoms with van der Waals surface area (Å²) in [5.74, 6) is 0.647. The van der Waals surface area contributed by atoms with Crippen molar-refractivity contribution in [2.45, 2.75) is 52.1 Å². The third kappa shape index (κ3) is 6.42. The van der Waals surface area contributed by atoms with E-state index in [1.165, 1.54) is 0 Å². The Hall–Kier alpha value is -1.85. The summed E-state index contributed by atoms with van der Waals surface area (Å²) in [6.45, 7) is 7.89. The van der Waals surface area contributed by atoms with Gasteiger partial charge in [-0.2, -0.15) is 0 Å². The second kappa shape index (κ2) is 8.13. The fourth-order valence-electron chi connectivity index (χ4n) is 2.63. The Labute approximate surface area is 138 Å². The third-order valence-corrected chi connectivity index (χ3v) is 3.80. The Morgan fingerprint density at radius 2 is 1.91 bits per heavy atom. The average molecular weight is 321 g/mol. The van der Waals surface area contributed by atoms with Crippen LogP contribution in [0.4, 0.5) is 4.79 Å². The lowest BCUT2D eigenvalue weighted by Crippen LogP contribution is -2.41. The molecule has 1 aliphatic rings. The van der Waals surface area contributed by atoms with Gasteiger partial charge in [0.05, 0.1) is 6.61 Å². The number of hydrogen-bond donors (Lipinski definition) is 0. The summed E-state index contributed by atoms with van der Waals surface area (Å²) in [5.41, 5.74) is -0.426. The largest absolute Gasteiger partial charge is 0.463 e. The van der Waals surface area contributed by atoms with Crippen molar-refractivity contribution in [3.8, 4) is 6.01 Å². The molecule has 0 N–H and O–H groups in total. The van der Waals surface area contributed by atoms with E-state index in [-0.39, 0.29) is 6.09 Å². The second-order valence-corrected chi connectivity index (χ2v) is 6.93. The van der Waals surface area contributed by atoms with Crippen molar-refractivity contribution in [3.63, 3.8) is 0 Å². The molecule has 0 radical (unpaired) electrons. The van der Waals surface area contributed by atoms with Gasteiger partial charge in [-0.3, -0.25) is 0 Å². The highest BCUT2D eigenvalue weighted by atomic mass is 16.6. The minimum Gasteiger partial charge on any atom is -0.463 e. The molecule has 1 amide bonds. The molecule has 1 fully saturated rings. The lowest BCUT2D eigenvalue weighted by atomic mass is 9.92. The van der Waals surface area contributed by atoms with Crippen LogP contribution in [0.15, 0.2) is 18.5 Å². The van der Waals surface area contributed by atoms with E-state index in [9.17, 15) is 4.79 Å². The number of likely N-dealkylation sites (tertiary alicyclic amines) is 1. The van der Waals surface area contributed by atoms with Crippen molar-refractivity contribution in [2.75, 3.05) is 19.7 Å². The first-order valence-corrected chi connectivity index (χ1v) is 8.32. The summed E-state index contributed by atoms with van der Waals surface area (Å²) in [7, 11) is 0. The van der Waals surface area contributed by atoms with E-state index in [0.29, 0.717) is 18.5 Å². The molecule has 0 saturated carbocycles. The van der Waals surface area contributed by atoms with Gasteiger partial charge in [-0.1, -0.05) is 0 Å². The third-order valence-electron chi connectivity index (χ3n) is 3.80. The van der Waals surface area contributed by atoms with E-state index in [1.54, 1.807) is 18.5 Å². The maximum atomic E-state index is 12.0. The van der Waals surface area contributed by atoms with E-state index in [4.69, 9.17) is 9.47 Å². The van der Waals surface area contributed by atoms with Crippen LogP contribution in [-0.4, -0.2) is 46.3 Å². The van der Waals surface area contributed by atoms with Gasteiger partial charge in [0, 0.05) is 25.5 Å². The van der Waals surface area contributed by atoms with Crippen molar-refractivity contribution in [3.05, 3.63) is 18.5 Å². The molecule has 0 spiro atoms. The first-order valence-electron chi connectivity index (χ1n) is 8.32. The van der Waals surface area contributed by atoms with Gasteiger partial charge in [0.15, 0.2) is 0 Å². The lowest BCUT2D eigenvalue weighted by molar-refractivity contribution is 0.0179. The van der Waals surface area contributed by atoms with Crippen molar-refractivity contribution in [1.82, 2.24) is 14.9 Å². The standard InChI is InChI=1S/C17H27N3O3/c1-17(2,3)23-16(21)20-11-7-14(8-12-20)6-4-13-22-15-18-9-5-10-19-15/h5,9-10,14H,4,6-8,11-13H2,1-3H3.